The van der Waals surface area contributed by atoms with E-state index in [2.05, 4.69) is 26.0 Å². The van der Waals surface area contributed by atoms with E-state index in [1.165, 1.54) is 6.07 Å². The van der Waals surface area contributed by atoms with E-state index in [0.29, 0.717) is 0 Å². The second kappa shape index (κ2) is 6.02. The summed E-state index contributed by atoms with van der Waals surface area (Å²) >= 11 is 3.23. The molecule has 1 amide bonds. The number of rotatable bonds is 5. The van der Waals surface area contributed by atoms with Crippen molar-refractivity contribution in [1.29, 1.82) is 0 Å². The number of carbonyl (C=O) groups is 1. The van der Waals surface area contributed by atoms with Crippen LogP contribution in [0.3, 0.4) is 0 Å². The van der Waals surface area contributed by atoms with Gasteiger partial charge in [-0.15, -0.1) is 0 Å². The Morgan fingerprint density at radius 1 is 1.32 bits per heavy atom. The minimum atomic E-state index is -3.61. The van der Waals surface area contributed by atoms with Gasteiger partial charge < -0.3 is 5.32 Å². The lowest BCUT2D eigenvalue weighted by atomic mass is 10.2. The highest BCUT2D eigenvalue weighted by Gasteiger charge is 2.26. The third kappa shape index (κ3) is 4.29. The third-order valence-electron chi connectivity index (χ3n) is 2.30. The molecule has 0 radical (unpaired) electrons. The summed E-state index contributed by atoms with van der Waals surface area (Å²) in [6.45, 7) is 5.35. The fourth-order valence-electron chi connectivity index (χ4n) is 1.34. The Balaban J connectivity index is 3.14. The number of halogens is 1. The minimum absolute atomic E-state index is 0.0574. The van der Waals surface area contributed by atoms with Crippen molar-refractivity contribution in [1.82, 2.24) is 4.72 Å². The molecule has 0 aliphatic rings. The molecule has 106 valence electrons. The zero-order valence-electron chi connectivity index (χ0n) is 11.0. The Labute approximate surface area is 122 Å². The van der Waals surface area contributed by atoms with Crippen molar-refractivity contribution in [3.63, 3.8) is 0 Å². The number of carbonyl (C=O) groups excluding carboxylic acids is 1. The highest BCUT2D eigenvalue weighted by atomic mass is 79.9. The molecule has 0 saturated heterocycles. The topological polar surface area (TPSA) is 75.3 Å². The molecule has 0 unspecified atom stereocenters. The highest BCUT2D eigenvalue weighted by molar-refractivity contribution is 9.10. The van der Waals surface area contributed by atoms with Crippen molar-refractivity contribution in [3.05, 3.63) is 24.3 Å². The van der Waals surface area contributed by atoms with Crippen LogP contribution in [0.5, 0.6) is 0 Å². The van der Waals surface area contributed by atoms with Crippen LogP contribution in [0.2, 0.25) is 0 Å². The molecule has 1 rings (SSSR count). The minimum Gasteiger partial charge on any atom is -0.324 e. The fraction of sp³-hybridized carbons (Fsp3) is 0.417. The lowest BCUT2D eigenvalue weighted by molar-refractivity contribution is -0.117. The molecule has 1 aromatic rings. The Bertz CT molecular complexity index is 565. The van der Waals surface area contributed by atoms with E-state index >= 15 is 0 Å². The first-order valence-electron chi connectivity index (χ1n) is 5.77. The molecule has 1 aromatic carbocycles. The Morgan fingerprint density at radius 3 is 2.42 bits per heavy atom. The SMILES string of the molecule is CCNS(=O)(=O)c1ccccc1NC(=O)C(C)(C)Br. The van der Waals surface area contributed by atoms with E-state index in [9.17, 15) is 13.2 Å². The van der Waals surface area contributed by atoms with E-state index in [1.54, 1.807) is 39.0 Å². The summed E-state index contributed by atoms with van der Waals surface area (Å²) in [7, 11) is -3.61. The van der Waals surface area contributed by atoms with Crippen LogP contribution in [0, 0.1) is 0 Å². The first-order valence-corrected chi connectivity index (χ1v) is 8.05. The maximum Gasteiger partial charge on any atom is 0.242 e. The maximum absolute atomic E-state index is 12.0. The molecule has 0 aliphatic carbocycles. The number of benzene rings is 1. The van der Waals surface area contributed by atoms with Crippen molar-refractivity contribution in [2.75, 3.05) is 11.9 Å². The zero-order valence-corrected chi connectivity index (χ0v) is 13.4. The third-order valence-corrected chi connectivity index (χ3v) is 4.26. The van der Waals surface area contributed by atoms with Gasteiger partial charge >= 0.3 is 0 Å². The van der Waals surface area contributed by atoms with Crippen molar-refractivity contribution in [2.24, 2.45) is 0 Å². The summed E-state index contributed by atoms with van der Waals surface area (Å²) < 4.78 is 25.6. The van der Waals surface area contributed by atoms with E-state index in [-0.39, 0.29) is 23.0 Å². The van der Waals surface area contributed by atoms with Crippen molar-refractivity contribution < 1.29 is 13.2 Å². The summed E-state index contributed by atoms with van der Waals surface area (Å²) in [5.74, 6) is -0.313. The predicted octanol–water partition coefficient (Wildman–Crippen LogP) is 2.10. The van der Waals surface area contributed by atoms with Crippen LogP contribution in [-0.4, -0.2) is 25.2 Å². The molecule has 5 nitrogen and oxygen atoms in total. The molecule has 0 bridgehead atoms. The van der Waals surface area contributed by atoms with Gasteiger partial charge in [-0.1, -0.05) is 35.0 Å². The zero-order chi connectivity index (χ0) is 14.7. The first-order chi connectivity index (χ1) is 8.68. The summed E-state index contributed by atoms with van der Waals surface area (Å²) in [5, 5.41) is 2.61. The van der Waals surface area contributed by atoms with Gasteiger partial charge in [0.25, 0.3) is 0 Å². The lowest BCUT2D eigenvalue weighted by Crippen LogP contribution is -2.32. The van der Waals surface area contributed by atoms with Gasteiger partial charge in [0.1, 0.15) is 4.90 Å². The quantitative estimate of drug-likeness (QED) is 0.800. The summed E-state index contributed by atoms with van der Waals surface area (Å²) in [6, 6.07) is 6.29. The number of alkyl halides is 1. The maximum atomic E-state index is 12.0. The van der Waals surface area contributed by atoms with Crippen LogP contribution in [0.15, 0.2) is 29.2 Å². The highest BCUT2D eigenvalue weighted by Crippen LogP contribution is 2.24. The standard InChI is InChI=1S/C12H17BrN2O3S/c1-4-14-19(17,18)10-8-6-5-7-9(10)15-11(16)12(2,3)13/h5-8,14H,4H2,1-3H3,(H,15,16). The monoisotopic (exact) mass is 348 g/mol. The van der Waals surface area contributed by atoms with Gasteiger partial charge in [-0.2, -0.15) is 0 Å². The van der Waals surface area contributed by atoms with E-state index < -0.39 is 14.3 Å². The number of anilines is 1. The number of para-hydroxylation sites is 1. The number of sulfonamides is 1. The fourth-order valence-corrected chi connectivity index (χ4v) is 2.64. The van der Waals surface area contributed by atoms with Crippen molar-refractivity contribution in [2.45, 2.75) is 30.0 Å². The van der Waals surface area contributed by atoms with Crippen molar-refractivity contribution in [3.8, 4) is 0 Å². The molecular weight excluding hydrogens is 332 g/mol. The average molecular weight is 349 g/mol. The molecule has 0 heterocycles. The van der Waals surface area contributed by atoms with Crippen LogP contribution in [0.1, 0.15) is 20.8 Å². The van der Waals surface area contributed by atoms with Crippen molar-refractivity contribution >= 4 is 37.5 Å². The molecule has 0 aromatic heterocycles. The Morgan fingerprint density at radius 2 is 1.89 bits per heavy atom. The number of nitrogens with one attached hydrogen (secondary N) is 2. The molecule has 7 heteroatoms. The van der Waals surface area contributed by atoms with Gasteiger partial charge in [0, 0.05) is 6.54 Å². The Kier molecular flexibility index (Phi) is 5.11. The smallest absolute Gasteiger partial charge is 0.242 e. The number of hydrogen-bond acceptors (Lipinski definition) is 3. The van der Waals surface area contributed by atoms with E-state index in [0.717, 1.165) is 0 Å². The summed E-state index contributed by atoms with van der Waals surface area (Å²) in [4.78, 5) is 12.0. The van der Waals surface area contributed by atoms with Crippen LogP contribution in [0.25, 0.3) is 0 Å². The van der Waals surface area contributed by atoms with Gasteiger partial charge in [-0.3, -0.25) is 4.79 Å². The largest absolute Gasteiger partial charge is 0.324 e. The second-order valence-corrected chi connectivity index (χ2v) is 8.14. The van der Waals surface area contributed by atoms with Gasteiger partial charge in [0.2, 0.25) is 15.9 Å². The van der Waals surface area contributed by atoms with Gasteiger partial charge in [-0.25, -0.2) is 13.1 Å². The van der Waals surface area contributed by atoms with Gasteiger partial charge in [0.15, 0.2) is 0 Å². The van der Waals surface area contributed by atoms with Gasteiger partial charge in [0.05, 0.1) is 10.0 Å². The molecule has 0 fully saturated rings. The van der Waals surface area contributed by atoms with Crippen LogP contribution < -0.4 is 10.0 Å². The number of amides is 1. The van der Waals surface area contributed by atoms with Crippen LogP contribution in [-0.2, 0) is 14.8 Å². The van der Waals surface area contributed by atoms with Gasteiger partial charge in [-0.05, 0) is 26.0 Å². The number of hydrogen-bond donors (Lipinski definition) is 2. The normalized spacial score (nSPS) is 12.2. The molecule has 2 N–H and O–H groups in total. The molecular formula is C12H17BrN2O3S. The Hall–Kier alpha value is -0.920. The molecule has 0 spiro atoms. The molecule has 0 saturated carbocycles. The molecule has 0 atom stereocenters. The average Bonchev–Trinajstić information content (AvgIpc) is 2.28. The second-order valence-electron chi connectivity index (χ2n) is 4.42. The van der Waals surface area contributed by atoms with Crippen LogP contribution >= 0.6 is 15.9 Å². The lowest BCUT2D eigenvalue weighted by Gasteiger charge is -2.18. The van der Waals surface area contributed by atoms with E-state index in [4.69, 9.17) is 0 Å². The summed E-state index contributed by atoms with van der Waals surface area (Å²) in [6.07, 6.45) is 0. The molecule has 0 aliphatic heterocycles. The first kappa shape index (κ1) is 16.1. The van der Waals surface area contributed by atoms with E-state index in [1.807, 2.05) is 0 Å². The molecule has 19 heavy (non-hydrogen) atoms. The van der Waals surface area contributed by atoms with Crippen LogP contribution in [0.4, 0.5) is 5.69 Å². The predicted molar refractivity (Wildman–Crippen MR) is 78.9 cm³/mol. The summed E-state index contributed by atoms with van der Waals surface area (Å²) in [5.41, 5.74) is 0.265.